The van der Waals surface area contributed by atoms with Crippen molar-refractivity contribution < 1.29 is 0 Å². The Balaban J connectivity index is 1.31. The minimum Gasteiger partial charge on any atom is -0.299 e. The number of likely N-dealkylation sites (tertiary alicyclic amines) is 1. The lowest BCUT2D eigenvalue weighted by molar-refractivity contribution is 0.166. The molecular weight excluding hydrogens is 302 g/mol. The topological polar surface area (TPSA) is 63.9 Å². The molecule has 1 aliphatic carbocycles. The predicted molar refractivity (Wildman–Crippen MR) is 90.5 cm³/mol. The van der Waals surface area contributed by atoms with E-state index in [1.54, 1.807) is 23.3 Å². The summed E-state index contributed by atoms with van der Waals surface area (Å²) in [5.74, 6) is 1.09. The smallest absolute Gasteiger partial charge is 0.253 e. The normalized spacial score (nSPS) is 19.5. The van der Waals surface area contributed by atoms with Crippen LogP contribution in [0.3, 0.4) is 0 Å². The van der Waals surface area contributed by atoms with Crippen LogP contribution in [0.15, 0.2) is 35.9 Å². The largest absolute Gasteiger partial charge is 0.299 e. The van der Waals surface area contributed by atoms with Crippen molar-refractivity contribution in [1.29, 1.82) is 0 Å². The van der Waals surface area contributed by atoms with Crippen LogP contribution in [0.2, 0.25) is 0 Å². The van der Waals surface area contributed by atoms with Gasteiger partial charge >= 0.3 is 0 Å². The van der Waals surface area contributed by atoms with Crippen LogP contribution in [-0.4, -0.2) is 37.5 Å². The first-order valence-corrected chi connectivity index (χ1v) is 8.80. The predicted octanol–water partition coefficient (Wildman–Crippen LogP) is 1.82. The summed E-state index contributed by atoms with van der Waals surface area (Å²) in [4.78, 5) is 27.3. The van der Waals surface area contributed by atoms with Gasteiger partial charge in [0.15, 0.2) is 0 Å². The van der Waals surface area contributed by atoms with Crippen LogP contribution in [0.4, 0.5) is 0 Å². The first-order chi connectivity index (χ1) is 11.8. The maximum Gasteiger partial charge on any atom is 0.253 e. The number of hydrogen-bond donors (Lipinski definition) is 0. The lowest BCUT2D eigenvalue weighted by Crippen LogP contribution is -2.36. The third kappa shape index (κ3) is 3.70. The Morgan fingerprint density at radius 1 is 1.08 bits per heavy atom. The Bertz CT molecular complexity index is 733. The highest BCUT2D eigenvalue weighted by atomic mass is 16.1. The summed E-state index contributed by atoms with van der Waals surface area (Å²) in [5, 5.41) is 0. The SMILES string of the molecule is O=c1cc(C2CC2)ncn1CC1CCN(Cc2cncnc2)CC1. The second-order valence-electron chi connectivity index (χ2n) is 7.04. The van der Waals surface area contributed by atoms with Crippen molar-refractivity contribution in [3.05, 3.63) is 52.7 Å². The van der Waals surface area contributed by atoms with Gasteiger partial charge in [-0.3, -0.25) is 14.3 Å². The Morgan fingerprint density at radius 3 is 2.50 bits per heavy atom. The molecule has 2 aliphatic rings. The molecule has 2 aromatic rings. The van der Waals surface area contributed by atoms with Gasteiger partial charge in [0.2, 0.25) is 0 Å². The molecule has 0 bridgehead atoms. The molecule has 6 nitrogen and oxygen atoms in total. The minimum absolute atomic E-state index is 0.107. The molecule has 1 aliphatic heterocycles. The van der Waals surface area contributed by atoms with E-state index >= 15 is 0 Å². The molecule has 6 heteroatoms. The highest BCUT2D eigenvalue weighted by Gasteiger charge is 2.26. The Hall–Kier alpha value is -2.08. The molecule has 24 heavy (non-hydrogen) atoms. The lowest BCUT2D eigenvalue weighted by Gasteiger charge is -2.32. The van der Waals surface area contributed by atoms with Crippen molar-refractivity contribution in [2.24, 2.45) is 5.92 Å². The third-order valence-corrected chi connectivity index (χ3v) is 5.08. The van der Waals surface area contributed by atoms with Gasteiger partial charge in [-0.1, -0.05) is 0 Å². The maximum absolute atomic E-state index is 12.3. The van der Waals surface area contributed by atoms with Crippen LogP contribution in [0.25, 0.3) is 0 Å². The van der Waals surface area contributed by atoms with Crippen molar-refractivity contribution in [3.8, 4) is 0 Å². The molecule has 0 atom stereocenters. The first kappa shape index (κ1) is 15.4. The molecule has 1 saturated heterocycles. The van der Waals surface area contributed by atoms with Crippen molar-refractivity contribution in [2.45, 2.75) is 44.7 Å². The molecule has 0 N–H and O–H groups in total. The summed E-state index contributed by atoms with van der Waals surface area (Å²) in [6.45, 7) is 3.81. The van der Waals surface area contributed by atoms with Crippen molar-refractivity contribution in [1.82, 2.24) is 24.4 Å². The van der Waals surface area contributed by atoms with Crippen LogP contribution < -0.4 is 5.56 Å². The molecule has 3 heterocycles. The number of aromatic nitrogens is 4. The van der Waals surface area contributed by atoms with E-state index in [2.05, 4.69) is 19.9 Å². The maximum atomic E-state index is 12.3. The van der Waals surface area contributed by atoms with E-state index in [0.29, 0.717) is 11.8 Å². The van der Waals surface area contributed by atoms with E-state index in [1.165, 1.54) is 12.8 Å². The van der Waals surface area contributed by atoms with Crippen LogP contribution in [0.5, 0.6) is 0 Å². The number of hydrogen-bond acceptors (Lipinski definition) is 5. The second-order valence-corrected chi connectivity index (χ2v) is 7.04. The van der Waals surface area contributed by atoms with Gasteiger partial charge in [0.25, 0.3) is 5.56 Å². The highest BCUT2D eigenvalue weighted by Crippen LogP contribution is 2.38. The van der Waals surface area contributed by atoms with Crippen LogP contribution in [-0.2, 0) is 13.1 Å². The second kappa shape index (κ2) is 6.81. The zero-order chi connectivity index (χ0) is 16.4. The van der Waals surface area contributed by atoms with Crippen molar-refractivity contribution in [3.63, 3.8) is 0 Å². The summed E-state index contributed by atoms with van der Waals surface area (Å²) in [6.07, 6.45) is 11.7. The highest BCUT2D eigenvalue weighted by molar-refractivity contribution is 5.12. The summed E-state index contributed by atoms with van der Waals surface area (Å²) >= 11 is 0. The average molecular weight is 325 g/mol. The summed E-state index contributed by atoms with van der Waals surface area (Å²) < 4.78 is 1.79. The van der Waals surface area contributed by atoms with E-state index in [1.807, 2.05) is 12.4 Å². The average Bonchev–Trinajstić information content (AvgIpc) is 3.44. The zero-order valence-corrected chi connectivity index (χ0v) is 13.8. The molecule has 126 valence electrons. The number of nitrogens with zero attached hydrogens (tertiary/aromatic N) is 5. The standard InChI is InChI=1S/C18H23N5O/c24-18-7-17(16-1-2-16)21-13-23(18)11-14-3-5-22(6-4-14)10-15-8-19-12-20-9-15/h7-9,12-14,16H,1-6,10-11H2. The molecular formula is C18H23N5O. The van der Waals surface area contributed by atoms with Crippen molar-refractivity contribution in [2.75, 3.05) is 13.1 Å². The monoisotopic (exact) mass is 325 g/mol. The Morgan fingerprint density at radius 2 is 1.83 bits per heavy atom. The van der Waals surface area contributed by atoms with Crippen LogP contribution in [0, 0.1) is 5.92 Å². The van der Waals surface area contributed by atoms with Gasteiger partial charge in [0, 0.05) is 43.0 Å². The zero-order valence-electron chi connectivity index (χ0n) is 13.8. The van der Waals surface area contributed by atoms with Gasteiger partial charge in [0.05, 0.1) is 12.0 Å². The van der Waals surface area contributed by atoms with E-state index in [0.717, 1.165) is 50.3 Å². The van der Waals surface area contributed by atoms with Gasteiger partial charge in [-0.2, -0.15) is 0 Å². The van der Waals surface area contributed by atoms with Crippen LogP contribution >= 0.6 is 0 Å². The quantitative estimate of drug-likeness (QED) is 0.839. The fourth-order valence-corrected chi connectivity index (χ4v) is 3.45. The Labute approximate surface area is 141 Å². The molecule has 0 radical (unpaired) electrons. The van der Waals surface area contributed by atoms with E-state index in [9.17, 15) is 4.79 Å². The van der Waals surface area contributed by atoms with E-state index < -0.39 is 0 Å². The number of rotatable bonds is 5. The van der Waals surface area contributed by atoms with Gasteiger partial charge in [-0.05, 0) is 44.7 Å². The van der Waals surface area contributed by atoms with E-state index in [-0.39, 0.29) is 5.56 Å². The summed E-state index contributed by atoms with van der Waals surface area (Å²) in [7, 11) is 0. The molecule has 2 aromatic heterocycles. The molecule has 4 rings (SSSR count). The fourth-order valence-electron chi connectivity index (χ4n) is 3.45. The number of piperidine rings is 1. The van der Waals surface area contributed by atoms with Gasteiger partial charge in [0.1, 0.15) is 6.33 Å². The van der Waals surface area contributed by atoms with Crippen LogP contribution in [0.1, 0.15) is 42.9 Å². The molecule has 0 amide bonds. The first-order valence-electron chi connectivity index (χ1n) is 8.80. The summed E-state index contributed by atoms with van der Waals surface area (Å²) in [6, 6.07) is 1.74. The van der Waals surface area contributed by atoms with Gasteiger partial charge in [-0.25, -0.2) is 15.0 Å². The molecule has 0 aromatic carbocycles. The summed E-state index contributed by atoms with van der Waals surface area (Å²) in [5.41, 5.74) is 2.25. The van der Waals surface area contributed by atoms with Gasteiger partial charge in [-0.15, -0.1) is 0 Å². The molecule has 0 unspecified atom stereocenters. The van der Waals surface area contributed by atoms with Gasteiger partial charge < -0.3 is 0 Å². The lowest BCUT2D eigenvalue weighted by atomic mass is 9.96. The molecule has 1 saturated carbocycles. The third-order valence-electron chi connectivity index (χ3n) is 5.08. The fraction of sp³-hybridized carbons (Fsp3) is 0.556. The minimum atomic E-state index is 0.107. The Kier molecular flexibility index (Phi) is 4.38. The van der Waals surface area contributed by atoms with Crippen molar-refractivity contribution >= 4 is 0 Å². The molecule has 2 fully saturated rings. The molecule has 0 spiro atoms. The van der Waals surface area contributed by atoms with E-state index in [4.69, 9.17) is 0 Å².